The normalized spacial score (nSPS) is 14.3. The number of hydrogen-bond acceptors (Lipinski definition) is 2. The van der Waals surface area contributed by atoms with Crippen LogP contribution < -0.4 is 5.73 Å². The topological polar surface area (TPSA) is 29.3 Å². The zero-order valence-corrected chi connectivity index (χ0v) is 13.1. The van der Waals surface area contributed by atoms with Crippen LogP contribution in [0.15, 0.2) is 30.3 Å². The second-order valence-electron chi connectivity index (χ2n) is 5.23. The molecule has 0 aliphatic carbocycles. The molecule has 0 aliphatic heterocycles. The minimum atomic E-state index is 0.153. The maximum Gasteiger partial charge on any atom is 0.0816 e. The Morgan fingerprint density at radius 2 is 1.84 bits per heavy atom. The molecule has 106 valence electrons. The van der Waals surface area contributed by atoms with Crippen LogP contribution in [0.4, 0.5) is 0 Å². The number of nitrogens with zero attached hydrogens (tertiary/aromatic N) is 1. The van der Waals surface area contributed by atoms with E-state index in [1.165, 1.54) is 12.0 Å². The van der Waals surface area contributed by atoms with Crippen LogP contribution in [0.5, 0.6) is 0 Å². The van der Waals surface area contributed by atoms with Gasteiger partial charge in [-0.15, -0.1) is 0 Å². The molecule has 0 saturated heterocycles. The average Bonchev–Trinajstić information content (AvgIpc) is 2.43. The molecule has 3 heteroatoms. The molecular weight excluding hydrogens is 252 g/mol. The first-order chi connectivity index (χ1) is 9.08. The minimum Gasteiger partial charge on any atom is -0.393 e. The molecule has 0 bridgehead atoms. The molecule has 0 spiro atoms. The Morgan fingerprint density at radius 1 is 1.21 bits per heavy atom. The molecule has 0 fully saturated rings. The summed E-state index contributed by atoms with van der Waals surface area (Å²) in [6, 6.07) is 10.3. The molecule has 0 aliphatic rings. The Balaban J connectivity index is 2.75. The van der Waals surface area contributed by atoms with Gasteiger partial charge in [-0.05, 0) is 18.0 Å². The van der Waals surface area contributed by atoms with Gasteiger partial charge in [-0.25, -0.2) is 0 Å². The summed E-state index contributed by atoms with van der Waals surface area (Å²) in [6.45, 7) is 9.79. The third kappa shape index (κ3) is 5.29. The van der Waals surface area contributed by atoms with E-state index in [1.54, 1.807) is 0 Å². The molecule has 2 N–H and O–H groups in total. The first-order valence-electron chi connectivity index (χ1n) is 7.15. The average molecular weight is 278 g/mol. The Labute approximate surface area is 123 Å². The van der Waals surface area contributed by atoms with Crippen LogP contribution in [-0.2, 0) is 0 Å². The Hall–Kier alpha value is -0.930. The van der Waals surface area contributed by atoms with Gasteiger partial charge in [-0.3, -0.25) is 0 Å². The lowest BCUT2D eigenvalue weighted by Crippen LogP contribution is -2.36. The predicted molar refractivity (Wildman–Crippen MR) is 87.5 cm³/mol. The van der Waals surface area contributed by atoms with Crippen LogP contribution in [0.25, 0.3) is 0 Å². The Kier molecular flexibility index (Phi) is 7.03. The summed E-state index contributed by atoms with van der Waals surface area (Å²) in [7, 11) is 0. The molecule has 0 aromatic heterocycles. The van der Waals surface area contributed by atoms with E-state index >= 15 is 0 Å². The van der Waals surface area contributed by atoms with E-state index in [9.17, 15) is 0 Å². The number of likely N-dealkylation sites (N-methyl/N-ethyl adjacent to an activating group) is 1. The number of nitrogens with two attached hydrogens (primary N) is 1. The van der Waals surface area contributed by atoms with Gasteiger partial charge in [0.1, 0.15) is 0 Å². The van der Waals surface area contributed by atoms with Crippen molar-refractivity contribution < 1.29 is 0 Å². The van der Waals surface area contributed by atoms with Crippen LogP contribution in [-0.4, -0.2) is 29.5 Å². The van der Waals surface area contributed by atoms with Gasteiger partial charge >= 0.3 is 0 Å². The van der Waals surface area contributed by atoms with Crippen molar-refractivity contribution in [2.24, 2.45) is 11.7 Å². The van der Waals surface area contributed by atoms with Crippen LogP contribution in [0.3, 0.4) is 0 Å². The maximum absolute atomic E-state index is 5.94. The highest BCUT2D eigenvalue weighted by Gasteiger charge is 2.18. The number of thiocarbonyl (C=S) groups is 1. The van der Waals surface area contributed by atoms with Crippen LogP contribution in [0, 0.1) is 5.92 Å². The molecule has 0 amide bonds. The standard InChI is InChI=1S/C16H26N2S/c1-4-13(3)11-18(5-2)12-15(16(17)19)14-9-7-6-8-10-14/h6-10,13,15H,4-5,11-12H2,1-3H3,(H2,17,19). The molecule has 1 aromatic rings. The summed E-state index contributed by atoms with van der Waals surface area (Å²) >= 11 is 5.26. The number of hydrogen-bond donors (Lipinski definition) is 1. The lowest BCUT2D eigenvalue weighted by molar-refractivity contribution is 0.244. The predicted octanol–water partition coefficient (Wildman–Crippen LogP) is 3.42. The summed E-state index contributed by atoms with van der Waals surface area (Å²) in [5, 5.41) is 0. The van der Waals surface area contributed by atoms with Crippen molar-refractivity contribution in [1.29, 1.82) is 0 Å². The van der Waals surface area contributed by atoms with E-state index in [0.717, 1.165) is 19.6 Å². The number of benzene rings is 1. The van der Waals surface area contributed by atoms with Crippen molar-refractivity contribution in [3.05, 3.63) is 35.9 Å². The van der Waals surface area contributed by atoms with Gasteiger partial charge < -0.3 is 10.6 Å². The second kappa shape index (κ2) is 8.28. The highest BCUT2D eigenvalue weighted by atomic mass is 32.1. The summed E-state index contributed by atoms with van der Waals surface area (Å²) < 4.78 is 0. The molecule has 0 radical (unpaired) electrons. The fourth-order valence-corrected chi connectivity index (χ4v) is 2.42. The van der Waals surface area contributed by atoms with E-state index in [-0.39, 0.29) is 5.92 Å². The van der Waals surface area contributed by atoms with Gasteiger partial charge in [0.2, 0.25) is 0 Å². The molecule has 1 rings (SSSR count). The fraction of sp³-hybridized carbons (Fsp3) is 0.562. The summed E-state index contributed by atoms with van der Waals surface area (Å²) in [5.41, 5.74) is 7.16. The van der Waals surface area contributed by atoms with Gasteiger partial charge in [0, 0.05) is 19.0 Å². The van der Waals surface area contributed by atoms with E-state index in [2.05, 4.69) is 37.8 Å². The van der Waals surface area contributed by atoms with Crippen molar-refractivity contribution in [2.75, 3.05) is 19.6 Å². The second-order valence-corrected chi connectivity index (χ2v) is 5.70. The van der Waals surface area contributed by atoms with E-state index in [0.29, 0.717) is 10.9 Å². The van der Waals surface area contributed by atoms with Gasteiger partial charge in [-0.1, -0.05) is 69.7 Å². The van der Waals surface area contributed by atoms with E-state index < -0.39 is 0 Å². The minimum absolute atomic E-state index is 0.153. The zero-order chi connectivity index (χ0) is 14.3. The van der Waals surface area contributed by atoms with Crippen molar-refractivity contribution >= 4 is 17.2 Å². The molecule has 2 unspecified atom stereocenters. The largest absolute Gasteiger partial charge is 0.393 e. The van der Waals surface area contributed by atoms with Gasteiger partial charge in [0.25, 0.3) is 0 Å². The molecule has 19 heavy (non-hydrogen) atoms. The van der Waals surface area contributed by atoms with Gasteiger partial charge in [0.05, 0.1) is 4.99 Å². The smallest absolute Gasteiger partial charge is 0.0816 e. The van der Waals surface area contributed by atoms with E-state index in [1.807, 2.05) is 18.2 Å². The van der Waals surface area contributed by atoms with Crippen LogP contribution in [0.2, 0.25) is 0 Å². The maximum atomic E-state index is 5.94. The van der Waals surface area contributed by atoms with E-state index in [4.69, 9.17) is 18.0 Å². The van der Waals surface area contributed by atoms with Crippen molar-refractivity contribution in [2.45, 2.75) is 33.1 Å². The lowest BCUT2D eigenvalue weighted by Gasteiger charge is -2.28. The summed E-state index contributed by atoms with van der Waals surface area (Å²) in [5.74, 6) is 0.864. The lowest BCUT2D eigenvalue weighted by atomic mass is 9.98. The van der Waals surface area contributed by atoms with Gasteiger partial charge in [0.15, 0.2) is 0 Å². The highest BCUT2D eigenvalue weighted by Crippen LogP contribution is 2.18. The first kappa shape index (κ1) is 16.1. The van der Waals surface area contributed by atoms with Crippen molar-refractivity contribution in [1.82, 2.24) is 4.90 Å². The molecule has 1 aromatic carbocycles. The van der Waals surface area contributed by atoms with Crippen molar-refractivity contribution in [3.63, 3.8) is 0 Å². The molecule has 0 saturated carbocycles. The van der Waals surface area contributed by atoms with Crippen LogP contribution >= 0.6 is 12.2 Å². The highest BCUT2D eigenvalue weighted by molar-refractivity contribution is 7.80. The third-order valence-corrected chi connectivity index (χ3v) is 3.98. The van der Waals surface area contributed by atoms with Crippen LogP contribution in [0.1, 0.15) is 38.7 Å². The fourth-order valence-electron chi connectivity index (χ4n) is 2.21. The summed E-state index contributed by atoms with van der Waals surface area (Å²) in [4.78, 5) is 3.04. The molecule has 2 atom stereocenters. The van der Waals surface area contributed by atoms with Gasteiger partial charge in [-0.2, -0.15) is 0 Å². The zero-order valence-electron chi connectivity index (χ0n) is 12.3. The number of rotatable bonds is 8. The molecule has 2 nitrogen and oxygen atoms in total. The quantitative estimate of drug-likeness (QED) is 0.739. The first-order valence-corrected chi connectivity index (χ1v) is 7.55. The Bertz CT molecular complexity index is 378. The molecular formula is C16H26N2S. The Morgan fingerprint density at radius 3 is 2.32 bits per heavy atom. The monoisotopic (exact) mass is 278 g/mol. The van der Waals surface area contributed by atoms with Crippen molar-refractivity contribution in [3.8, 4) is 0 Å². The SMILES string of the molecule is CCC(C)CN(CC)CC(C(N)=S)c1ccccc1. The third-order valence-electron chi connectivity index (χ3n) is 3.70. The summed E-state index contributed by atoms with van der Waals surface area (Å²) in [6.07, 6.45) is 1.21. The molecule has 0 heterocycles.